The van der Waals surface area contributed by atoms with Gasteiger partial charge in [-0.2, -0.15) is 0 Å². The van der Waals surface area contributed by atoms with E-state index >= 15 is 0 Å². The van der Waals surface area contributed by atoms with Crippen LogP contribution in [0.5, 0.6) is 17.2 Å². The van der Waals surface area contributed by atoms with Gasteiger partial charge in [-0.15, -0.1) is 0 Å². The molecule has 0 aliphatic heterocycles. The van der Waals surface area contributed by atoms with Gasteiger partial charge < -0.3 is 30.2 Å². The number of carbonyl (C=O) groups is 2. The average molecular weight is 619 g/mol. The highest BCUT2D eigenvalue weighted by Gasteiger charge is 2.30. The summed E-state index contributed by atoms with van der Waals surface area (Å²) >= 11 is 0. The summed E-state index contributed by atoms with van der Waals surface area (Å²) in [6.07, 6.45) is 1.07. The number of nitrogens with one attached hydrogen (secondary N) is 3. The van der Waals surface area contributed by atoms with Gasteiger partial charge in [0.2, 0.25) is 33.0 Å². The fraction of sp³-hybridized carbons (Fsp3) is 0.500. The molecule has 2 amide bonds. The number of hydrogen-bond acceptors (Lipinski definition) is 9. The molecule has 3 N–H and O–H groups in total. The molecule has 236 valence electrons. The Kier molecular flexibility index (Phi) is 11.0. The molecule has 2 aromatic rings. The number of ether oxygens (including phenoxy) is 3. The van der Waals surface area contributed by atoms with Crippen LogP contribution >= 0.6 is 0 Å². The summed E-state index contributed by atoms with van der Waals surface area (Å²) in [6.45, 7) is 4.99. The Bertz CT molecular complexity index is 1530. The standard InChI is InChI=1S/C30H42N4O8S/c1-17(2)27(30(37)31-13-14-43(38,39)34(4)5)33-23-12-10-20-21(16-24(23)36)22(32-18(3)35)11-9-19-15-25(40-6)28(41-7)29(42-8)26(19)20/h10,12,15-17,22,27H,9,11,13-14H2,1-8H3,(H,31,37)(H,32,35)(H,33,36)/t22-,27-/m0/s1. The molecule has 0 spiro atoms. The minimum absolute atomic E-state index is 0.0778. The number of carbonyl (C=O) groups excluding carboxylic acids is 2. The highest BCUT2D eigenvalue weighted by Crippen LogP contribution is 2.50. The van der Waals surface area contributed by atoms with Crippen LogP contribution in [0.1, 0.15) is 44.4 Å². The van der Waals surface area contributed by atoms with E-state index in [4.69, 9.17) is 14.2 Å². The minimum Gasteiger partial charge on any atom is -0.493 e. The molecule has 2 atom stereocenters. The van der Waals surface area contributed by atoms with Crippen molar-refractivity contribution in [3.8, 4) is 28.4 Å². The second-order valence-corrected chi connectivity index (χ2v) is 13.2. The highest BCUT2D eigenvalue weighted by molar-refractivity contribution is 7.89. The minimum atomic E-state index is -3.49. The number of benzene rings is 1. The molecule has 2 aromatic carbocycles. The van der Waals surface area contributed by atoms with Gasteiger partial charge >= 0.3 is 0 Å². The molecule has 1 aliphatic carbocycles. The van der Waals surface area contributed by atoms with Gasteiger partial charge in [-0.05, 0) is 53.6 Å². The van der Waals surface area contributed by atoms with E-state index in [9.17, 15) is 22.8 Å². The van der Waals surface area contributed by atoms with Crippen molar-refractivity contribution in [3.63, 3.8) is 0 Å². The Labute approximate surface area is 253 Å². The summed E-state index contributed by atoms with van der Waals surface area (Å²) in [5.41, 5.74) is 2.65. The number of hydrogen-bond donors (Lipinski definition) is 3. The van der Waals surface area contributed by atoms with Gasteiger partial charge in [-0.1, -0.05) is 19.9 Å². The molecule has 0 aromatic heterocycles. The predicted octanol–water partition coefficient (Wildman–Crippen LogP) is 2.31. The Morgan fingerprint density at radius 1 is 1.05 bits per heavy atom. The third kappa shape index (κ3) is 7.57. The zero-order valence-corrected chi connectivity index (χ0v) is 26.8. The molecule has 0 radical (unpaired) electrons. The van der Waals surface area contributed by atoms with E-state index in [0.717, 1.165) is 9.87 Å². The fourth-order valence-electron chi connectivity index (χ4n) is 5.13. The molecular formula is C30H42N4O8S. The largest absolute Gasteiger partial charge is 0.493 e. The fourth-order valence-corrected chi connectivity index (χ4v) is 5.85. The molecule has 43 heavy (non-hydrogen) atoms. The lowest BCUT2D eigenvalue weighted by molar-refractivity contribution is -0.122. The van der Waals surface area contributed by atoms with Crippen LogP contribution in [0.4, 0.5) is 5.69 Å². The van der Waals surface area contributed by atoms with E-state index in [-0.39, 0.29) is 35.2 Å². The summed E-state index contributed by atoms with van der Waals surface area (Å²) in [5, 5.41) is 8.71. The van der Waals surface area contributed by atoms with Crippen molar-refractivity contribution in [2.75, 3.05) is 53.0 Å². The van der Waals surface area contributed by atoms with Crippen molar-refractivity contribution in [1.82, 2.24) is 14.9 Å². The second-order valence-electron chi connectivity index (χ2n) is 10.9. The predicted molar refractivity (Wildman–Crippen MR) is 165 cm³/mol. The first-order valence-electron chi connectivity index (χ1n) is 14.0. The maximum atomic E-state index is 13.7. The third-order valence-electron chi connectivity index (χ3n) is 7.39. The van der Waals surface area contributed by atoms with Crippen molar-refractivity contribution >= 4 is 27.5 Å². The van der Waals surface area contributed by atoms with Gasteiger partial charge in [0.15, 0.2) is 11.5 Å². The van der Waals surface area contributed by atoms with E-state index in [2.05, 4.69) is 16.0 Å². The summed E-state index contributed by atoms with van der Waals surface area (Å²) in [7, 11) is 3.95. The first-order valence-corrected chi connectivity index (χ1v) is 15.6. The Morgan fingerprint density at radius 2 is 1.72 bits per heavy atom. The number of methoxy groups -OCH3 is 3. The van der Waals surface area contributed by atoms with Crippen molar-refractivity contribution in [1.29, 1.82) is 0 Å². The Morgan fingerprint density at radius 3 is 2.28 bits per heavy atom. The molecular weight excluding hydrogens is 576 g/mol. The summed E-state index contributed by atoms with van der Waals surface area (Å²) in [5.74, 6) is 0.156. The maximum Gasteiger partial charge on any atom is 0.242 e. The molecule has 13 heteroatoms. The average Bonchev–Trinajstić information content (AvgIpc) is 3.18. The number of rotatable bonds is 12. The van der Waals surface area contributed by atoms with Gasteiger partial charge in [0.25, 0.3) is 0 Å². The van der Waals surface area contributed by atoms with Gasteiger partial charge in [0, 0.05) is 33.1 Å². The zero-order valence-electron chi connectivity index (χ0n) is 26.0. The van der Waals surface area contributed by atoms with Gasteiger partial charge in [-0.25, -0.2) is 12.7 Å². The van der Waals surface area contributed by atoms with E-state index in [0.29, 0.717) is 46.8 Å². The smallest absolute Gasteiger partial charge is 0.242 e. The van der Waals surface area contributed by atoms with Crippen LogP contribution in [-0.4, -0.2) is 78.3 Å². The monoisotopic (exact) mass is 618 g/mol. The number of sulfonamides is 1. The Balaban J connectivity index is 2.12. The maximum absolute atomic E-state index is 13.7. The van der Waals surface area contributed by atoms with Crippen LogP contribution in [0.2, 0.25) is 0 Å². The molecule has 1 aliphatic rings. The molecule has 0 saturated carbocycles. The molecule has 0 unspecified atom stereocenters. The quantitative estimate of drug-likeness (QED) is 0.325. The number of anilines is 1. The lowest BCUT2D eigenvalue weighted by atomic mass is 9.95. The van der Waals surface area contributed by atoms with Gasteiger partial charge in [0.1, 0.15) is 6.04 Å². The summed E-state index contributed by atoms with van der Waals surface area (Å²) in [4.78, 5) is 39.0. The lowest BCUT2D eigenvalue weighted by Crippen LogP contribution is -2.45. The number of fused-ring (bicyclic) bond motifs is 3. The molecule has 0 heterocycles. The third-order valence-corrected chi connectivity index (χ3v) is 9.22. The molecule has 0 fully saturated rings. The van der Waals surface area contributed by atoms with E-state index < -0.39 is 28.0 Å². The normalized spacial score (nSPS) is 15.1. The van der Waals surface area contributed by atoms with Crippen molar-refractivity contribution < 1.29 is 32.2 Å². The van der Waals surface area contributed by atoms with Crippen molar-refractivity contribution in [2.24, 2.45) is 5.92 Å². The van der Waals surface area contributed by atoms with Crippen molar-refractivity contribution in [2.45, 2.75) is 45.7 Å². The van der Waals surface area contributed by atoms with Gasteiger partial charge in [-0.3, -0.25) is 14.4 Å². The molecule has 3 rings (SSSR count). The number of nitrogens with zero attached hydrogens (tertiary/aromatic N) is 1. The highest BCUT2D eigenvalue weighted by atomic mass is 32.2. The molecule has 12 nitrogen and oxygen atoms in total. The van der Waals surface area contributed by atoms with Crippen LogP contribution in [0.15, 0.2) is 29.1 Å². The number of amides is 2. The first kappa shape index (κ1) is 33.7. The van der Waals surface area contributed by atoms with Crippen LogP contribution in [0.3, 0.4) is 0 Å². The van der Waals surface area contributed by atoms with Gasteiger partial charge in [0.05, 0.1) is 38.8 Å². The first-order chi connectivity index (χ1) is 20.2. The molecule has 0 saturated heterocycles. The van der Waals surface area contributed by atoms with Crippen LogP contribution in [0, 0.1) is 5.92 Å². The lowest BCUT2D eigenvalue weighted by Gasteiger charge is -2.22. The number of aryl methyl sites for hydroxylation is 1. The summed E-state index contributed by atoms with van der Waals surface area (Å²) < 4.78 is 42.3. The van der Waals surface area contributed by atoms with Crippen LogP contribution in [-0.2, 0) is 26.0 Å². The topological polar surface area (TPSA) is 152 Å². The van der Waals surface area contributed by atoms with Crippen molar-refractivity contribution in [3.05, 3.63) is 45.6 Å². The molecule has 0 bridgehead atoms. The van der Waals surface area contributed by atoms with E-state index in [1.807, 2.05) is 19.9 Å². The Hall–Kier alpha value is -3.84. The van der Waals surface area contributed by atoms with Crippen LogP contribution in [0.25, 0.3) is 11.1 Å². The van der Waals surface area contributed by atoms with E-state index in [1.165, 1.54) is 41.3 Å². The van der Waals surface area contributed by atoms with Crippen LogP contribution < -0.4 is 35.6 Å². The summed E-state index contributed by atoms with van der Waals surface area (Å²) in [6, 6.07) is 5.42. The SMILES string of the molecule is COc1cc2c(c(OC)c1OC)-c1ccc(N[C@H](C(=O)NCCS(=O)(=O)N(C)C)C(C)C)c(=O)cc1[C@@H](NC(C)=O)CC2. The zero-order chi connectivity index (χ0) is 32.1. The van der Waals surface area contributed by atoms with E-state index in [1.54, 1.807) is 19.2 Å². The second kappa shape index (κ2) is 14.1.